The van der Waals surface area contributed by atoms with E-state index in [0.29, 0.717) is 46.6 Å². The van der Waals surface area contributed by atoms with E-state index in [4.69, 9.17) is 21.3 Å². The minimum atomic E-state index is -0.575. The first-order valence-electron chi connectivity index (χ1n) is 10.0. The van der Waals surface area contributed by atoms with Gasteiger partial charge >= 0.3 is 0 Å². The van der Waals surface area contributed by atoms with E-state index in [1.54, 1.807) is 38.5 Å². The number of nitrogens with zero attached hydrogens (tertiary/aromatic N) is 1. The first kappa shape index (κ1) is 22.0. The van der Waals surface area contributed by atoms with Crippen molar-refractivity contribution in [2.45, 2.75) is 26.4 Å². The van der Waals surface area contributed by atoms with Crippen LogP contribution in [0.2, 0.25) is 0 Å². The summed E-state index contributed by atoms with van der Waals surface area (Å²) < 4.78 is 20.2. The molecular weight excluding hydrogens is 395 g/mol. The van der Waals surface area contributed by atoms with Crippen LogP contribution in [-0.2, 0) is 0 Å². The second-order valence-electron chi connectivity index (χ2n) is 7.18. The van der Waals surface area contributed by atoms with Crippen LogP contribution < -0.4 is 21.1 Å². The predicted molar refractivity (Wildman–Crippen MR) is 122 cm³/mol. The minimum Gasteiger partial charge on any atom is -0.482 e. The van der Waals surface area contributed by atoms with Gasteiger partial charge in [0.2, 0.25) is 0 Å². The number of halogens is 1. The maximum absolute atomic E-state index is 14.1. The van der Waals surface area contributed by atoms with Gasteiger partial charge in [0, 0.05) is 61.0 Å². The van der Waals surface area contributed by atoms with E-state index >= 15 is 0 Å². The Morgan fingerprint density at radius 2 is 2.13 bits per heavy atom. The van der Waals surface area contributed by atoms with Crippen molar-refractivity contribution in [2.24, 2.45) is 0 Å². The molecule has 3 rings (SSSR count). The normalized spacial score (nSPS) is 20.2. The summed E-state index contributed by atoms with van der Waals surface area (Å²) in [6.07, 6.45) is 4.37. The summed E-state index contributed by atoms with van der Waals surface area (Å²) in [7, 11) is 1.75. The van der Waals surface area contributed by atoms with Gasteiger partial charge in [-0.1, -0.05) is 0 Å². The van der Waals surface area contributed by atoms with Crippen molar-refractivity contribution >= 4 is 23.4 Å². The molecule has 0 spiro atoms. The molecule has 31 heavy (non-hydrogen) atoms. The number of nitrogen functional groups attached to an aromatic ring is 1. The molecule has 8 heteroatoms. The van der Waals surface area contributed by atoms with Crippen LogP contribution in [0.1, 0.15) is 43.1 Å². The maximum Gasteiger partial charge on any atom is 0.166 e. The van der Waals surface area contributed by atoms with Crippen LogP contribution >= 0.6 is 0 Å². The number of hydrogen-bond acceptors (Lipinski definition) is 7. The summed E-state index contributed by atoms with van der Waals surface area (Å²) in [4.78, 5) is 4.27. The summed E-state index contributed by atoms with van der Waals surface area (Å²) in [6, 6.07) is 6.06. The Hall–Kier alpha value is -3.68. The fraction of sp³-hybridized carbons (Fsp3) is 0.261. The van der Waals surface area contributed by atoms with Crippen molar-refractivity contribution in [3.8, 4) is 5.75 Å². The Morgan fingerprint density at radius 1 is 1.35 bits per heavy atom. The summed E-state index contributed by atoms with van der Waals surface area (Å²) in [5.41, 5.74) is 10.1. The molecule has 1 aromatic carbocycles. The van der Waals surface area contributed by atoms with Gasteiger partial charge < -0.3 is 26.5 Å². The van der Waals surface area contributed by atoms with Crippen LogP contribution in [0.15, 0.2) is 47.8 Å². The number of rotatable bonds is 4. The van der Waals surface area contributed by atoms with Crippen LogP contribution in [0.5, 0.6) is 5.75 Å². The molecule has 2 heterocycles. The highest BCUT2D eigenvalue weighted by molar-refractivity contribution is 6.12. The van der Waals surface area contributed by atoms with E-state index in [1.165, 1.54) is 18.3 Å². The van der Waals surface area contributed by atoms with Crippen LogP contribution in [-0.4, -0.2) is 30.5 Å². The molecule has 162 valence electrons. The summed E-state index contributed by atoms with van der Waals surface area (Å²) in [5.74, 6) is 0.157. The molecule has 0 aliphatic carbocycles. The van der Waals surface area contributed by atoms with Crippen LogP contribution in [0, 0.1) is 16.6 Å². The Labute approximate surface area is 181 Å². The first-order valence-corrected chi connectivity index (χ1v) is 10.0. The van der Waals surface area contributed by atoms with E-state index in [9.17, 15) is 4.39 Å². The van der Waals surface area contributed by atoms with Gasteiger partial charge in [0.1, 0.15) is 11.9 Å². The number of pyridine rings is 1. The third kappa shape index (κ3) is 4.58. The molecule has 1 aromatic heterocycles. The Kier molecular flexibility index (Phi) is 6.69. The lowest BCUT2D eigenvalue weighted by Gasteiger charge is -2.23. The van der Waals surface area contributed by atoms with Gasteiger partial charge in [0.25, 0.3) is 0 Å². The van der Waals surface area contributed by atoms with Crippen LogP contribution in [0.25, 0.3) is 5.70 Å². The SMILES string of the molecule is CCN/C1=C(\C=N)C/C(=C/NC)C(=N)c2ccc(F)cc2[C@@H](C)Oc2cc1cnc2N. The third-order valence-corrected chi connectivity index (χ3v) is 5.06. The van der Waals surface area contributed by atoms with Gasteiger partial charge in [-0.25, -0.2) is 9.37 Å². The van der Waals surface area contributed by atoms with Crippen molar-refractivity contribution in [1.82, 2.24) is 15.6 Å². The monoisotopic (exact) mass is 422 g/mol. The fourth-order valence-corrected chi connectivity index (χ4v) is 3.59. The molecule has 1 atom stereocenters. The second kappa shape index (κ2) is 9.42. The predicted octanol–water partition coefficient (Wildman–Crippen LogP) is 3.79. The van der Waals surface area contributed by atoms with Crippen molar-refractivity contribution < 1.29 is 9.13 Å². The number of nitrogens with one attached hydrogen (secondary N) is 4. The number of hydrogen-bond donors (Lipinski definition) is 5. The van der Waals surface area contributed by atoms with E-state index in [1.807, 2.05) is 6.92 Å². The van der Waals surface area contributed by atoms with Gasteiger partial charge in [-0.2, -0.15) is 0 Å². The molecule has 2 aromatic rings. The van der Waals surface area contributed by atoms with Crippen molar-refractivity contribution in [3.05, 3.63) is 70.3 Å². The molecule has 0 saturated carbocycles. The highest BCUT2D eigenvalue weighted by Crippen LogP contribution is 2.33. The maximum atomic E-state index is 14.1. The highest BCUT2D eigenvalue weighted by atomic mass is 19.1. The van der Waals surface area contributed by atoms with E-state index in [-0.39, 0.29) is 11.5 Å². The lowest BCUT2D eigenvalue weighted by atomic mass is 9.90. The van der Waals surface area contributed by atoms with E-state index < -0.39 is 11.9 Å². The third-order valence-electron chi connectivity index (χ3n) is 5.06. The number of aromatic nitrogens is 1. The fourth-order valence-electron chi connectivity index (χ4n) is 3.59. The van der Waals surface area contributed by atoms with Crippen molar-refractivity contribution in [1.29, 1.82) is 10.8 Å². The number of benzene rings is 1. The Morgan fingerprint density at radius 3 is 2.81 bits per heavy atom. The standard InChI is InChI=1S/C23H27FN6O/c1-4-29-22-14(10-25)7-15(11-28-3)21(26)18-6-5-17(24)9-19(18)13(2)31-20-8-16(22)12-30-23(20)27/h5-6,8-13,25-26,28-29H,4,7H2,1-3H3,(H2,27,30)/b15-11-,22-14-,25-10?,26-21?/t13-/m1/s1. The van der Waals surface area contributed by atoms with E-state index in [0.717, 1.165) is 5.70 Å². The van der Waals surface area contributed by atoms with Gasteiger partial charge in [-0.05, 0) is 49.3 Å². The minimum absolute atomic E-state index is 0.212. The summed E-state index contributed by atoms with van der Waals surface area (Å²) in [5, 5.41) is 23.2. The molecule has 0 amide bonds. The molecule has 0 radical (unpaired) electrons. The highest BCUT2D eigenvalue weighted by Gasteiger charge is 2.23. The molecule has 0 saturated heterocycles. The second-order valence-corrected chi connectivity index (χ2v) is 7.18. The lowest BCUT2D eigenvalue weighted by molar-refractivity contribution is 0.227. The molecule has 0 fully saturated rings. The van der Waals surface area contributed by atoms with Gasteiger partial charge in [-0.3, -0.25) is 5.41 Å². The molecule has 7 nitrogen and oxygen atoms in total. The van der Waals surface area contributed by atoms with Gasteiger partial charge in [-0.15, -0.1) is 0 Å². The molecule has 0 unspecified atom stereocenters. The zero-order valence-electron chi connectivity index (χ0n) is 17.8. The van der Waals surface area contributed by atoms with Gasteiger partial charge in [0.05, 0.1) is 5.71 Å². The largest absolute Gasteiger partial charge is 0.482 e. The first-order chi connectivity index (χ1) is 14.9. The number of allylic oxidation sites excluding steroid dienone is 2. The van der Waals surface area contributed by atoms with Crippen molar-refractivity contribution in [2.75, 3.05) is 19.3 Å². The Bertz CT molecular complexity index is 1080. The van der Waals surface area contributed by atoms with Crippen LogP contribution in [0.4, 0.5) is 10.2 Å². The summed E-state index contributed by atoms with van der Waals surface area (Å²) >= 11 is 0. The quantitative estimate of drug-likeness (QED) is 0.480. The van der Waals surface area contributed by atoms with Gasteiger partial charge in [0.15, 0.2) is 11.6 Å². The Balaban J connectivity index is 2.31. The van der Waals surface area contributed by atoms with Crippen molar-refractivity contribution in [3.63, 3.8) is 0 Å². The molecule has 1 aliphatic heterocycles. The number of ether oxygens (including phenoxy) is 1. The number of anilines is 1. The smallest absolute Gasteiger partial charge is 0.166 e. The number of fused-ring (bicyclic) bond motifs is 3. The summed E-state index contributed by atoms with van der Waals surface area (Å²) in [6.45, 7) is 4.38. The average molecular weight is 423 g/mol. The lowest BCUT2D eigenvalue weighted by Crippen LogP contribution is -2.19. The zero-order valence-corrected chi connectivity index (χ0v) is 17.8. The number of nitrogens with two attached hydrogens (primary N) is 1. The average Bonchev–Trinajstić information content (AvgIpc) is 2.76. The topological polar surface area (TPSA) is 120 Å². The van der Waals surface area contributed by atoms with E-state index in [2.05, 4.69) is 15.6 Å². The molecule has 6 N–H and O–H groups in total. The molecule has 1 aliphatic rings. The molecule has 2 bridgehead atoms. The zero-order chi connectivity index (χ0) is 22.5. The van der Waals surface area contributed by atoms with Crippen LogP contribution in [0.3, 0.4) is 0 Å². The molecular formula is C23H27FN6O.